The zero-order valence-electron chi connectivity index (χ0n) is 23.5. The largest absolute Gasteiger partial charge is 0.507 e. The van der Waals surface area contributed by atoms with Gasteiger partial charge >= 0.3 is 0 Å². The zero-order chi connectivity index (χ0) is 27.5. The molecule has 1 N–H and O–H groups in total. The van der Waals surface area contributed by atoms with Crippen molar-refractivity contribution in [1.29, 1.82) is 0 Å². The monoisotopic (exact) mass is 706 g/mol. The summed E-state index contributed by atoms with van der Waals surface area (Å²) < 4.78 is 6.15. The number of hydrogen-bond acceptors (Lipinski definition) is 4. The summed E-state index contributed by atoms with van der Waals surface area (Å²) in [6.07, 6.45) is 1.92. The number of oxazole rings is 1. The fourth-order valence-corrected chi connectivity index (χ4v) is 5.41. The van der Waals surface area contributed by atoms with Crippen molar-refractivity contribution in [2.24, 2.45) is 0 Å². The summed E-state index contributed by atoms with van der Waals surface area (Å²) in [5.74, 6) is 0.534. The molecule has 0 radical (unpaired) electrons. The molecule has 6 aromatic rings. The van der Waals surface area contributed by atoms with Gasteiger partial charge in [-0.15, -0.1) is 34.9 Å². The van der Waals surface area contributed by atoms with Gasteiger partial charge in [-0.2, -0.15) is 0 Å². The van der Waals surface area contributed by atoms with Crippen molar-refractivity contribution in [2.45, 2.75) is 47.0 Å². The van der Waals surface area contributed by atoms with Crippen molar-refractivity contribution in [3.05, 3.63) is 101 Å². The molecule has 0 atom stereocenters. The summed E-state index contributed by atoms with van der Waals surface area (Å²) in [6.45, 7) is 13.0. The van der Waals surface area contributed by atoms with E-state index in [2.05, 4.69) is 77.1 Å². The third kappa shape index (κ3) is 4.97. The fraction of sp³-hybridized carbons (Fsp3) is 0.200. The number of phenols is 1. The van der Waals surface area contributed by atoms with Crippen LogP contribution >= 0.6 is 0 Å². The summed E-state index contributed by atoms with van der Waals surface area (Å²) in [4.78, 5) is 9.68. The minimum absolute atomic E-state index is 0. The maximum absolute atomic E-state index is 10.4. The molecule has 0 amide bonds. The van der Waals surface area contributed by atoms with Crippen LogP contribution in [-0.4, -0.2) is 15.1 Å². The van der Waals surface area contributed by atoms with E-state index in [1.165, 1.54) is 16.5 Å². The van der Waals surface area contributed by atoms with E-state index in [-0.39, 0.29) is 32.2 Å². The SMILES string of the molecule is Cc1cc(-c2cc(C)cc3oc(-c4ccccc4O)nc23)[c-]c(-c2cc(C)cc3c(C(C)(C)C)ccnc23)c1.[Pt]. The first-order chi connectivity index (χ1) is 18.6. The summed E-state index contributed by atoms with van der Waals surface area (Å²) in [6, 6.07) is 25.8. The molecule has 0 fully saturated rings. The van der Waals surface area contributed by atoms with E-state index in [0.29, 0.717) is 17.0 Å². The molecule has 5 heteroatoms. The average Bonchev–Trinajstić information content (AvgIpc) is 3.30. The first kappa shape index (κ1) is 27.8. The molecule has 4 aromatic carbocycles. The van der Waals surface area contributed by atoms with Gasteiger partial charge < -0.3 is 9.52 Å². The van der Waals surface area contributed by atoms with Crippen LogP contribution in [0.3, 0.4) is 0 Å². The first-order valence-electron chi connectivity index (χ1n) is 13.2. The van der Waals surface area contributed by atoms with Gasteiger partial charge in [0, 0.05) is 32.8 Å². The summed E-state index contributed by atoms with van der Waals surface area (Å²) in [7, 11) is 0. The zero-order valence-corrected chi connectivity index (χ0v) is 25.8. The van der Waals surface area contributed by atoms with Crippen molar-refractivity contribution in [3.8, 4) is 39.5 Å². The van der Waals surface area contributed by atoms with Crippen LogP contribution in [-0.2, 0) is 26.5 Å². The van der Waals surface area contributed by atoms with Crippen LogP contribution in [0.4, 0.5) is 0 Å². The van der Waals surface area contributed by atoms with E-state index in [9.17, 15) is 5.11 Å². The number of phenolic OH excluding ortho intramolecular Hbond substituents is 1. The molecule has 6 rings (SSSR count). The Bertz CT molecular complexity index is 1900. The number of rotatable bonds is 3. The van der Waals surface area contributed by atoms with Crippen molar-refractivity contribution in [2.75, 3.05) is 0 Å². The van der Waals surface area contributed by atoms with Crippen LogP contribution in [0.5, 0.6) is 5.75 Å². The van der Waals surface area contributed by atoms with Crippen LogP contribution in [0.2, 0.25) is 0 Å². The molecular formula is C35H31N2O2Pt-. The second-order valence-electron chi connectivity index (χ2n) is 11.5. The number of aryl methyl sites for hydroxylation is 3. The second kappa shape index (κ2) is 10.3. The molecule has 0 unspecified atom stereocenters. The number of fused-ring (bicyclic) bond motifs is 2. The van der Waals surface area contributed by atoms with Gasteiger partial charge in [-0.05, 0) is 54.5 Å². The minimum atomic E-state index is -0.00124. The molecule has 204 valence electrons. The van der Waals surface area contributed by atoms with Gasteiger partial charge in [-0.25, -0.2) is 4.98 Å². The molecule has 0 saturated carbocycles. The van der Waals surface area contributed by atoms with Crippen molar-refractivity contribution in [1.82, 2.24) is 9.97 Å². The van der Waals surface area contributed by atoms with Gasteiger partial charge in [0.05, 0.1) is 11.1 Å². The molecule has 2 aromatic heterocycles. The van der Waals surface area contributed by atoms with Crippen LogP contribution in [0.15, 0.2) is 77.3 Å². The van der Waals surface area contributed by atoms with Gasteiger partial charge in [0.25, 0.3) is 0 Å². The van der Waals surface area contributed by atoms with Crippen LogP contribution < -0.4 is 0 Å². The average molecular weight is 707 g/mol. The van der Waals surface area contributed by atoms with E-state index in [0.717, 1.165) is 44.4 Å². The van der Waals surface area contributed by atoms with Gasteiger partial charge in [0.2, 0.25) is 5.89 Å². The Morgan fingerprint density at radius 3 is 2.05 bits per heavy atom. The Labute approximate surface area is 249 Å². The summed E-state index contributed by atoms with van der Waals surface area (Å²) in [5, 5.41) is 11.6. The van der Waals surface area contributed by atoms with E-state index in [1.807, 2.05) is 31.3 Å². The quantitative estimate of drug-likeness (QED) is 0.187. The second-order valence-corrected chi connectivity index (χ2v) is 11.5. The number of nitrogens with zero attached hydrogens (tertiary/aromatic N) is 2. The van der Waals surface area contributed by atoms with Crippen LogP contribution in [0, 0.1) is 26.8 Å². The maximum atomic E-state index is 10.4. The number of aromatic nitrogens is 2. The van der Waals surface area contributed by atoms with Gasteiger partial charge in [-0.1, -0.05) is 80.3 Å². The summed E-state index contributed by atoms with van der Waals surface area (Å²) >= 11 is 0. The Hall–Kier alpha value is -3.75. The van der Waals surface area contributed by atoms with Crippen molar-refractivity contribution < 1.29 is 30.6 Å². The number of para-hydroxylation sites is 1. The van der Waals surface area contributed by atoms with E-state index in [4.69, 9.17) is 14.4 Å². The van der Waals surface area contributed by atoms with E-state index >= 15 is 0 Å². The van der Waals surface area contributed by atoms with Crippen molar-refractivity contribution in [3.63, 3.8) is 0 Å². The molecule has 0 aliphatic heterocycles. The third-order valence-corrected chi connectivity index (χ3v) is 7.16. The standard InChI is InChI=1S/C35H31N2O2.Pt/c1-20-13-23(26-15-21(2)17-28-29(35(4,5)6)11-12-36-32(26)28)19-24(14-20)27-16-22(3)18-31-33(27)37-34(39-31)25-9-7-8-10-30(25)38;/h7-18,38H,1-6H3;/q-1;. The molecule has 0 saturated heterocycles. The van der Waals surface area contributed by atoms with Crippen LogP contribution in [0.25, 0.3) is 55.7 Å². The first-order valence-corrected chi connectivity index (χ1v) is 13.2. The van der Waals surface area contributed by atoms with E-state index < -0.39 is 0 Å². The predicted octanol–water partition coefficient (Wildman–Crippen LogP) is 9.10. The molecule has 4 nitrogen and oxygen atoms in total. The summed E-state index contributed by atoms with van der Waals surface area (Å²) in [5.41, 5.74) is 11.6. The molecule has 0 aliphatic carbocycles. The molecular weight excluding hydrogens is 675 g/mol. The van der Waals surface area contributed by atoms with Gasteiger partial charge in [0.15, 0.2) is 0 Å². The topological polar surface area (TPSA) is 59.2 Å². The van der Waals surface area contributed by atoms with Gasteiger partial charge in [0.1, 0.15) is 11.3 Å². The number of pyridine rings is 1. The molecule has 0 aliphatic rings. The minimum Gasteiger partial charge on any atom is -0.507 e. The smallest absolute Gasteiger partial charge is 0.230 e. The van der Waals surface area contributed by atoms with Crippen LogP contribution in [0.1, 0.15) is 43.0 Å². The van der Waals surface area contributed by atoms with Crippen molar-refractivity contribution >= 4 is 22.0 Å². The number of aromatic hydroxyl groups is 1. The molecule has 40 heavy (non-hydrogen) atoms. The third-order valence-electron chi connectivity index (χ3n) is 7.16. The Kier molecular flexibility index (Phi) is 7.18. The molecule has 0 spiro atoms. The van der Waals surface area contributed by atoms with E-state index in [1.54, 1.807) is 12.1 Å². The van der Waals surface area contributed by atoms with Gasteiger partial charge in [-0.3, -0.25) is 4.98 Å². The predicted molar refractivity (Wildman–Crippen MR) is 159 cm³/mol. The molecule has 2 heterocycles. The Balaban J connectivity index is 0.00000323. The number of hydrogen-bond donors (Lipinski definition) is 1. The Morgan fingerprint density at radius 2 is 1.38 bits per heavy atom. The molecule has 0 bridgehead atoms. The Morgan fingerprint density at radius 1 is 0.750 bits per heavy atom. The maximum Gasteiger partial charge on any atom is 0.230 e. The fourth-order valence-electron chi connectivity index (χ4n) is 5.41. The normalized spacial score (nSPS) is 11.7. The number of benzene rings is 4.